The van der Waals surface area contributed by atoms with Crippen LogP contribution in [-0.4, -0.2) is 4.40 Å². The summed E-state index contributed by atoms with van der Waals surface area (Å²) in [4.78, 5) is 10.9. The fourth-order valence-electron chi connectivity index (χ4n) is 6.74. The third kappa shape index (κ3) is 3.57. The Kier molecular flexibility index (Phi) is 5.63. The first-order chi connectivity index (χ1) is 22.2. The van der Waals surface area contributed by atoms with E-state index in [9.17, 15) is 5.26 Å². The standard InChI is InChI=1S/C40H19N5/c1-42-37-32-20-31-28-19-18-25-14-10-11-17-27(25)36(28)40-29(24-12-6-4-7-13-24)21-34(26-15-8-5-9-16-26)45(40)35(31)22-30(32)33(23-41)38(43-2)39(37)44-3/h4-22H. The number of nitrogens with zero attached hydrogens (tertiary/aromatic N) is 5. The van der Waals surface area contributed by atoms with Crippen molar-refractivity contribution in [1.82, 2.24) is 4.40 Å². The van der Waals surface area contributed by atoms with Crippen molar-refractivity contribution in [3.63, 3.8) is 0 Å². The first-order valence-corrected chi connectivity index (χ1v) is 14.3. The topological polar surface area (TPSA) is 41.3 Å². The highest BCUT2D eigenvalue weighted by Crippen LogP contribution is 2.50. The van der Waals surface area contributed by atoms with Gasteiger partial charge < -0.3 is 4.40 Å². The summed E-state index contributed by atoms with van der Waals surface area (Å²) in [5.74, 6) is 0. The van der Waals surface area contributed by atoms with Crippen molar-refractivity contribution in [1.29, 1.82) is 5.26 Å². The van der Waals surface area contributed by atoms with Crippen LogP contribution in [0.15, 0.2) is 115 Å². The zero-order valence-corrected chi connectivity index (χ0v) is 23.7. The molecule has 0 N–H and O–H groups in total. The highest BCUT2D eigenvalue weighted by molar-refractivity contribution is 6.28. The van der Waals surface area contributed by atoms with E-state index in [4.69, 9.17) is 19.7 Å². The van der Waals surface area contributed by atoms with Gasteiger partial charge in [0.1, 0.15) is 0 Å². The van der Waals surface area contributed by atoms with E-state index in [0.29, 0.717) is 10.8 Å². The van der Waals surface area contributed by atoms with Crippen LogP contribution in [0.2, 0.25) is 0 Å². The van der Waals surface area contributed by atoms with Gasteiger partial charge >= 0.3 is 0 Å². The monoisotopic (exact) mass is 569 g/mol. The normalized spacial score (nSPS) is 11.0. The van der Waals surface area contributed by atoms with Crippen LogP contribution in [0.25, 0.3) is 85.7 Å². The Balaban J connectivity index is 1.74. The van der Waals surface area contributed by atoms with Gasteiger partial charge in [-0.3, -0.25) is 14.5 Å². The fourth-order valence-corrected chi connectivity index (χ4v) is 6.74. The van der Waals surface area contributed by atoms with Crippen LogP contribution in [0.5, 0.6) is 0 Å². The molecule has 0 fully saturated rings. The Hall–Kier alpha value is -6.92. The Morgan fingerprint density at radius 1 is 0.556 bits per heavy atom. The molecule has 0 spiro atoms. The molecule has 0 radical (unpaired) electrons. The van der Waals surface area contributed by atoms with Crippen LogP contribution in [0, 0.1) is 31.0 Å². The summed E-state index contributed by atoms with van der Waals surface area (Å²) in [6, 6.07) is 41.5. The summed E-state index contributed by atoms with van der Waals surface area (Å²) in [7, 11) is 0. The molecule has 0 aliphatic heterocycles. The Morgan fingerprint density at radius 3 is 1.91 bits per heavy atom. The molecule has 2 heterocycles. The van der Waals surface area contributed by atoms with Crippen molar-refractivity contribution in [3.8, 4) is 28.5 Å². The lowest BCUT2D eigenvalue weighted by atomic mass is 9.93. The molecule has 45 heavy (non-hydrogen) atoms. The predicted octanol–water partition coefficient (Wildman–Crippen LogP) is 11.4. The summed E-state index contributed by atoms with van der Waals surface area (Å²) < 4.78 is 2.26. The van der Waals surface area contributed by atoms with Crippen LogP contribution in [0.3, 0.4) is 0 Å². The number of nitriles is 1. The molecule has 8 aromatic rings. The van der Waals surface area contributed by atoms with E-state index >= 15 is 0 Å². The lowest BCUT2D eigenvalue weighted by Gasteiger charge is -2.17. The molecule has 5 heteroatoms. The molecule has 8 rings (SSSR count). The van der Waals surface area contributed by atoms with E-state index in [0.717, 1.165) is 60.3 Å². The summed E-state index contributed by atoms with van der Waals surface area (Å²) in [6.07, 6.45) is 0. The molecule has 0 amide bonds. The van der Waals surface area contributed by atoms with Gasteiger partial charge in [0.25, 0.3) is 0 Å². The van der Waals surface area contributed by atoms with E-state index in [1.807, 2.05) is 54.6 Å². The average Bonchev–Trinajstić information content (AvgIpc) is 3.51. The molecular formula is C40H19N5. The Morgan fingerprint density at radius 2 is 1.22 bits per heavy atom. The Labute approximate surface area is 258 Å². The summed E-state index contributed by atoms with van der Waals surface area (Å²) in [5, 5.41) is 16.5. The maximum atomic E-state index is 10.3. The maximum Gasteiger partial charge on any atom is 0.202 e. The fraction of sp³-hybridized carbons (Fsp3) is 0. The molecule has 5 nitrogen and oxygen atoms in total. The smallest absolute Gasteiger partial charge is 0.202 e. The molecular weight excluding hydrogens is 550 g/mol. The van der Waals surface area contributed by atoms with Gasteiger partial charge in [0.2, 0.25) is 11.4 Å². The summed E-state index contributed by atoms with van der Waals surface area (Å²) >= 11 is 0. The molecule has 0 aliphatic rings. The number of hydrogen-bond donors (Lipinski definition) is 0. The number of pyridine rings is 1. The number of benzene rings is 6. The molecule has 0 bridgehead atoms. The molecule has 204 valence electrons. The van der Waals surface area contributed by atoms with Gasteiger partial charge in [-0.1, -0.05) is 103 Å². The number of fused-ring (bicyclic) bond motifs is 9. The van der Waals surface area contributed by atoms with Gasteiger partial charge in [0.15, 0.2) is 5.69 Å². The zero-order valence-electron chi connectivity index (χ0n) is 23.7. The molecule has 0 unspecified atom stereocenters. The largest absolute Gasteiger partial charge is 0.308 e. The maximum absolute atomic E-state index is 10.3. The van der Waals surface area contributed by atoms with Gasteiger partial charge in [-0.2, -0.15) is 5.26 Å². The SMILES string of the molecule is [C-]#[N+]c1c([N+]#[C-])c([N+]#[C-])c2cc3c4ccc5ccccc5c4c4c(-c5ccccc5)cc(-c5ccccc5)n4c3cc2c1C#N. The average molecular weight is 570 g/mol. The second-order valence-corrected chi connectivity index (χ2v) is 10.9. The molecule has 2 aromatic heterocycles. The van der Waals surface area contributed by atoms with Gasteiger partial charge in [-0.25, -0.2) is 0 Å². The van der Waals surface area contributed by atoms with Crippen molar-refractivity contribution in [2.75, 3.05) is 0 Å². The molecule has 0 saturated carbocycles. The zero-order chi connectivity index (χ0) is 30.7. The van der Waals surface area contributed by atoms with E-state index in [1.165, 1.54) is 0 Å². The summed E-state index contributed by atoms with van der Waals surface area (Å²) in [6.45, 7) is 23.6. The minimum absolute atomic E-state index is 0.0727. The minimum atomic E-state index is -0.0749. The molecule has 6 aromatic carbocycles. The quantitative estimate of drug-likeness (QED) is 0.116. The lowest BCUT2D eigenvalue weighted by Crippen LogP contribution is -1.96. The lowest BCUT2D eigenvalue weighted by molar-refractivity contribution is 1.29. The van der Waals surface area contributed by atoms with Crippen LogP contribution in [-0.2, 0) is 0 Å². The first-order valence-electron chi connectivity index (χ1n) is 14.3. The molecule has 0 saturated heterocycles. The third-order valence-corrected chi connectivity index (χ3v) is 8.64. The van der Waals surface area contributed by atoms with E-state index in [-0.39, 0.29) is 22.6 Å². The van der Waals surface area contributed by atoms with Gasteiger partial charge in [-0.05, 0) is 50.2 Å². The minimum Gasteiger partial charge on any atom is -0.308 e. The van der Waals surface area contributed by atoms with E-state index in [1.54, 1.807) is 0 Å². The van der Waals surface area contributed by atoms with Crippen molar-refractivity contribution >= 4 is 65.8 Å². The van der Waals surface area contributed by atoms with Crippen LogP contribution < -0.4 is 0 Å². The van der Waals surface area contributed by atoms with Crippen LogP contribution in [0.1, 0.15) is 5.56 Å². The molecule has 0 atom stereocenters. The van der Waals surface area contributed by atoms with Crippen molar-refractivity contribution in [3.05, 3.63) is 155 Å². The predicted molar refractivity (Wildman–Crippen MR) is 182 cm³/mol. The van der Waals surface area contributed by atoms with Crippen LogP contribution in [0.4, 0.5) is 17.1 Å². The van der Waals surface area contributed by atoms with Gasteiger partial charge in [0, 0.05) is 16.3 Å². The second kappa shape index (κ2) is 9.83. The highest BCUT2D eigenvalue weighted by Gasteiger charge is 2.24. The van der Waals surface area contributed by atoms with Gasteiger partial charge in [0.05, 0.1) is 48.1 Å². The summed E-state index contributed by atoms with van der Waals surface area (Å²) in [5.41, 5.74) is 6.11. The highest BCUT2D eigenvalue weighted by atomic mass is 14.9. The van der Waals surface area contributed by atoms with E-state index in [2.05, 4.69) is 85.7 Å². The van der Waals surface area contributed by atoms with Crippen molar-refractivity contribution in [2.45, 2.75) is 0 Å². The van der Waals surface area contributed by atoms with Crippen molar-refractivity contribution < 1.29 is 0 Å². The van der Waals surface area contributed by atoms with Crippen LogP contribution >= 0.6 is 0 Å². The number of hydrogen-bond acceptors (Lipinski definition) is 1. The van der Waals surface area contributed by atoms with E-state index < -0.39 is 0 Å². The Bertz CT molecular complexity index is 2730. The number of rotatable bonds is 2. The van der Waals surface area contributed by atoms with Crippen molar-refractivity contribution in [2.24, 2.45) is 0 Å². The first kappa shape index (κ1) is 25.8. The van der Waals surface area contributed by atoms with Gasteiger partial charge in [-0.15, -0.1) is 0 Å². The number of aromatic nitrogens is 1. The third-order valence-electron chi connectivity index (χ3n) is 8.64. The second-order valence-electron chi connectivity index (χ2n) is 10.9. The molecule has 0 aliphatic carbocycles.